The zero-order valence-electron chi connectivity index (χ0n) is 12.5. The van der Waals surface area contributed by atoms with Gasteiger partial charge in [0.25, 0.3) is 10.0 Å². The number of para-hydroxylation sites is 1. The molecule has 112 valence electrons. The molecule has 0 aliphatic heterocycles. The van der Waals surface area contributed by atoms with E-state index in [1.54, 1.807) is 25.2 Å². The number of sulfonamides is 1. The largest absolute Gasteiger partial charge is 0.326 e. The molecule has 0 bridgehead atoms. The molecular formula is C16H20N2O2S. The van der Waals surface area contributed by atoms with E-state index in [-0.39, 0.29) is 0 Å². The van der Waals surface area contributed by atoms with E-state index in [1.165, 1.54) is 4.31 Å². The highest BCUT2D eigenvalue weighted by Gasteiger charge is 2.24. The fraction of sp³-hybridized carbons (Fsp3) is 0.250. The Hall–Kier alpha value is -1.85. The summed E-state index contributed by atoms with van der Waals surface area (Å²) >= 11 is 0. The number of aryl methyl sites for hydroxylation is 1. The average molecular weight is 304 g/mol. The molecule has 0 aromatic heterocycles. The molecule has 0 heterocycles. The fourth-order valence-corrected chi connectivity index (χ4v) is 3.75. The van der Waals surface area contributed by atoms with Gasteiger partial charge in [-0.25, -0.2) is 8.42 Å². The van der Waals surface area contributed by atoms with Crippen LogP contribution in [0.15, 0.2) is 47.4 Å². The quantitative estimate of drug-likeness (QED) is 0.944. The lowest BCUT2D eigenvalue weighted by molar-refractivity contribution is 0.593. The zero-order chi connectivity index (χ0) is 15.6. The molecule has 0 aliphatic rings. The predicted octanol–water partition coefficient (Wildman–Crippen LogP) is 2.59. The van der Waals surface area contributed by atoms with E-state index in [9.17, 15) is 8.42 Å². The molecule has 0 saturated heterocycles. The Morgan fingerprint density at radius 2 is 1.71 bits per heavy atom. The number of hydrogen-bond acceptors (Lipinski definition) is 3. The van der Waals surface area contributed by atoms with Crippen LogP contribution in [0.25, 0.3) is 0 Å². The van der Waals surface area contributed by atoms with Gasteiger partial charge in [0.05, 0.1) is 10.6 Å². The molecule has 21 heavy (non-hydrogen) atoms. The number of nitrogens with zero attached hydrogens (tertiary/aromatic N) is 1. The Labute approximate surface area is 126 Å². The second-order valence-electron chi connectivity index (χ2n) is 5.05. The Morgan fingerprint density at radius 1 is 1.10 bits per heavy atom. The van der Waals surface area contributed by atoms with Crippen LogP contribution in [0.5, 0.6) is 0 Å². The van der Waals surface area contributed by atoms with Gasteiger partial charge in [-0.3, -0.25) is 4.31 Å². The van der Waals surface area contributed by atoms with Gasteiger partial charge >= 0.3 is 0 Å². The van der Waals surface area contributed by atoms with Crippen LogP contribution in [-0.2, 0) is 16.6 Å². The first-order valence-electron chi connectivity index (χ1n) is 6.72. The Kier molecular flexibility index (Phi) is 4.34. The van der Waals surface area contributed by atoms with Gasteiger partial charge in [0.1, 0.15) is 0 Å². The van der Waals surface area contributed by atoms with Crippen molar-refractivity contribution in [3.8, 4) is 0 Å². The molecular weight excluding hydrogens is 284 g/mol. The van der Waals surface area contributed by atoms with Crippen molar-refractivity contribution in [2.24, 2.45) is 5.73 Å². The van der Waals surface area contributed by atoms with Crippen molar-refractivity contribution in [3.63, 3.8) is 0 Å². The average Bonchev–Trinajstić information content (AvgIpc) is 2.49. The Morgan fingerprint density at radius 3 is 2.29 bits per heavy atom. The van der Waals surface area contributed by atoms with Crippen molar-refractivity contribution < 1.29 is 8.42 Å². The highest BCUT2D eigenvalue weighted by Crippen LogP contribution is 2.26. The predicted molar refractivity (Wildman–Crippen MR) is 85.8 cm³/mol. The SMILES string of the molecule is Cc1cc(CN)cc(S(=O)(=O)N(C)c2ccccc2)c1C. The summed E-state index contributed by atoms with van der Waals surface area (Å²) in [6.45, 7) is 4.04. The van der Waals surface area contributed by atoms with Crippen LogP contribution in [0.2, 0.25) is 0 Å². The number of nitrogens with two attached hydrogens (primary N) is 1. The standard InChI is InChI=1S/C16H20N2O2S/c1-12-9-14(11-17)10-16(13(12)2)21(19,20)18(3)15-7-5-4-6-8-15/h4-10H,11,17H2,1-3H3. The summed E-state index contributed by atoms with van der Waals surface area (Å²) in [7, 11) is -2.04. The second-order valence-corrected chi connectivity index (χ2v) is 6.99. The molecule has 4 nitrogen and oxygen atoms in total. The van der Waals surface area contributed by atoms with Crippen LogP contribution in [0.1, 0.15) is 16.7 Å². The van der Waals surface area contributed by atoms with Crippen molar-refractivity contribution in [2.75, 3.05) is 11.4 Å². The van der Waals surface area contributed by atoms with Crippen LogP contribution in [-0.4, -0.2) is 15.5 Å². The summed E-state index contributed by atoms with van der Waals surface area (Å²) < 4.78 is 27.0. The maximum atomic E-state index is 12.9. The van der Waals surface area contributed by atoms with E-state index in [2.05, 4.69) is 0 Å². The summed E-state index contributed by atoms with van der Waals surface area (Å²) in [5.74, 6) is 0. The van der Waals surface area contributed by atoms with Gasteiger partial charge in [-0.05, 0) is 48.7 Å². The van der Waals surface area contributed by atoms with Gasteiger partial charge in [0.2, 0.25) is 0 Å². The van der Waals surface area contributed by atoms with E-state index in [1.807, 2.05) is 38.1 Å². The van der Waals surface area contributed by atoms with E-state index in [0.717, 1.165) is 16.7 Å². The van der Waals surface area contributed by atoms with Crippen molar-refractivity contribution in [1.82, 2.24) is 0 Å². The first-order chi connectivity index (χ1) is 9.87. The van der Waals surface area contributed by atoms with Crippen molar-refractivity contribution in [1.29, 1.82) is 0 Å². The van der Waals surface area contributed by atoms with Gasteiger partial charge in [0.15, 0.2) is 0 Å². The number of rotatable bonds is 4. The smallest absolute Gasteiger partial charge is 0.264 e. The molecule has 0 aliphatic carbocycles. The van der Waals surface area contributed by atoms with Crippen LogP contribution < -0.4 is 10.0 Å². The van der Waals surface area contributed by atoms with Gasteiger partial charge in [-0.1, -0.05) is 24.3 Å². The van der Waals surface area contributed by atoms with Gasteiger partial charge in [0, 0.05) is 13.6 Å². The first-order valence-corrected chi connectivity index (χ1v) is 8.16. The number of anilines is 1. The minimum absolute atomic E-state index is 0.314. The second kappa shape index (κ2) is 5.87. The highest BCUT2D eigenvalue weighted by atomic mass is 32.2. The molecule has 0 radical (unpaired) electrons. The molecule has 2 aromatic carbocycles. The Balaban J connectivity index is 2.57. The van der Waals surface area contributed by atoms with Crippen LogP contribution in [0, 0.1) is 13.8 Å². The summed E-state index contributed by atoms with van der Waals surface area (Å²) in [6.07, 6.45) is 0. The molecule has 2 rings (SSSR count). The van der Waals surface area contributed by atoms with E-state index in [0.29, 0.717) is 17.1 Å². The molecule has 0 saturated carbocycles. The van der Waals surface area contributed by atoms with Crippen LogP contribution in [0.4, 0.5) is 5.69 Å². The minimum atomic E-state index is -3.60. The molecule has 2 N–H and O–H groups in total. The topological polar surface area (TPSA) is 63.4 Å². The third kappa shape index (κ3) is 2.94. The van der Waals surface area contributed by atoms with Crippen LogP contribution >= 0.6 is 0 Å². The van der Waals surface area contributed by atoms with Crippen molar-refractivity contribution >= 4 is 15.7 Å². The summed E-state index contributed by atoms with van der Waals surface area (Å²) in [5, 5.41) is 0. The lowest BCUT2D eigenvalue weighted by Gasteiger charge is -2.22. The Bertz CT molecular complexity index is 740. The molecule has 0 unspecified atom stereocenters. The molecule has 0 amide bonds. The number of benzene rings is 2. The molecule has 0 spiro atoms. The van der Waals surface area contributed by atoms with Crippen LogP contribution in [0.3, 0.4) is 0 Å². The van der Waals surface area contributed by atoms with E-state index < -0.39 is 10.0 Å². The van der Waals surface area contributed by atoms with Gasteiger partial charge < -0.3 is 5.73 Å². The van der Waals surface area contributed by atoms with Gasteiger partial charge in [-0.2, -0.15) is 0 Å². The number of hydrogen-bond donors (Lipinski definition) is 1. The molecule has 5 heteroatoms. The molecule has 0 atom stereocenters. The summed E-state index contributed by atoms with van der Waals surface area (Å²) in [5.41, 5.74) is 8.80. The third-order valence-electron chi connectivity index (χ3n) is 3.67. The molecule has 2 aromatic rings. The highest BCUT2D eigenvalue weighted by molar-refractivity contribution is 7.92. The van der Waals surface area contributed by atoms with Crippen molar-refractivity contribution in [2.45, 2.75) is 25.3 Å². The normalized spacial score (nSPS) is 11.4. The fourth-order valence-electron chi connectivity index (χ4n) is 2.21. The first kappa shape index (κ1) is 15.5. The summed E-state index contributed by atoms with van der Waals surface area (Å²) in [4.78, 5) is 0.314. The van der Waals surface area contributed by atoms with E-state index in [4.69, 9.17) is 5.73 Å². The minimum Gasteiger partial charge on any atom is -0.326 e. The third-order valence-corrected chi connectivity index (χ3v) is 5.59. The summed E-state index contributed by atoms with van der Waals surface area (Å²) in [6, 6.07) is 12.6. The lowest BCUT2D eigenvalue weighted by Crippen LogP contribution is -2.27. The van der Waals surface area contributed by atoms with Gasteiger partial charge in [-0.15, -0.1) is 0 Å². The lowest BCUT2D eigenvalue weighted by atomic mass is 10.1. The van der Waals surface area contributed by atoms with Crippen molar-refractivity contribution in [3.05, 3.63) is 59.2 Å². The molecule has 0 fully saturated rings. The maximum absolute atomic E-state index is 12.9. The monoisotopic (exact) mass is 304 g/mol. The van der Waals surface area contributed by atoms with E-state index >= 15 is 0 Å². The zero-order valence-corrected chi connectivity index (χ0v) is 13.3. The maximum Gasteiger partial charge on any atom is 0.264 e.